The van der Waals surface area contributed by atoms with Crippen LogP contribution in [-0.2, 0) is 11.8 Å². The number of carbonyl (C=O) groups excluding carboxylic acids is 1. The number of nitrogens with one attached hydrogen (secondary N) is 1. The summed E-state index contributed by atoms with van der Waals surface area (Å²) in [4.78, 5) is 12.2. The Morgan fingerprint density at radius 3 is 2.53 bits per heavy atom. The Bertz CT molecular complexity index is 548. The van der Waals surface area contributed by atoms with Crippen LogP contribution in [0.25, 0.3) is 0 Å². The van der Waals surface area contributed by atoms with Crippen LogP contribution in [0, 0.1) is 0 Å². The average Bonchev–Trinajstić information content (AvgIpc) is 2.85. The summed E-state index contributed by atoms with van der Waals surface area (Å²) in [6.45, 7) is 3.89. The number of aryl methyl sites for hydroxylation is 1. The molecule has 19 heavy (non-hydrogen) atoms. The van der Waals surface area contributed by atoms with Crippen molar-refractivity contribution in [1.82, 2.24) is 9.88 Å². The molecule has 1 heterocycles. The molecule has 0 fully saturated rings. The summed E-state index contributed by atoms with van der Waals surface area (Å²) in [5, 5.41) is 3.03. The number of aromatic nitrogens is 2. The molecule has 0 saturated carbocycles. The molecule has 4 nitrogen and oxygen atoms in total. The Hall–Kier alpha value is -2.10. The molecular weight excluding hydrogens is 238 g/mol. The van der Waals surface area contributed by atoms with Crippen LogP contribution in [0.2, 0.25) is 0 Å². The molecule has 0 unspecified atom stereocenters. The summed E-state index contributed by atoms with van der Waals surface area (Å²) in [5.74, 6) is 0.0209. The number of amides is 1. The number of imidazole rings is 1. The van der Waals surface area contributed by atoms with Crippen molar-refractivity contribution in [1.29, 1.82) is 0 Å². The van der Waals surface area contributed by atoms with Crippen molar-refractivity contribution in [2.24, 2.45) is 7.05 Å². The molecule has 100 valence electrons. The van der Waals surface area contributed by atoms with Gasteiger partial charge in [-0.1, -0.05) is 30.3 Å². The van der Waals surface area contributed by atoms with Crippen molar-refractivity contribution >= 4 is 5.91 Å². The smallest absolute Gasteiger partial charge is 0.265 e. The minimum atomic E-state index is -0.215. The number of hydrogen-bond donors (Lipinski definition) is 1. The van der Waals surface area contributed by atoms with Gasteiger partial charge < -0.3 is 5.32 Å². The molecule has 0 aliphatic carbocycles. The summed E-state index contributed by atoms with van der Waals surface area (Å²) >= 11 is 0. The molecule has 1 N–H and O–H groups in total. The predicted octanol–water partition coefficient (Wildman–Crippen LogP) is 1.75. The maximum atomic E-state index is 12.2. The molecule has 0 spiro atoms. The third kappa shape index (κ3) is 3.22. The van der Waals surface area contributed by atoms with Crippen molar-refractivity contribution in [2.75, 3.05) is 0 Å². The van der Waals surface area contributed by atoms with Gasteiger partial charge in [0.1, 0.15) is 12.4 Å². The zero-order valence-corrected chi connectivity index (χ0v) is 11.6. The van der Waals surface area contributed by atoms with E-state index in [4.69, 9.17) is 0 Å². The van der Waals surface area contributed by atoms with Gasteiger partial charge in [-0.15, -0.1) is 0 Å². The fraction of sp³-hybridized carbons (Fsp3) is 0.333. The molecule has 2 aromatic rings. The molecule has 1 amide bonds. The van der Waals surface area contributed by atoms with E-state index >= 15 is 0 Å². The van der Waals surface area contributed by atoms with Gasteiger partial charge in [0, 0.05) is 0 Å². The Labute approximate surface area is 113 Å². The van der Waals surface area contributed by atoms with E-state index in [9.17, 15) is 4.79 Å². The Morgan fingerprint density at radius 1 is 1.26 bits per heavy atom. The number of benzene rings is 1. The molecule has 4 heteroatoms. The van der Waals surface area contributed by atoms with Crippen molar-refractivity contribution in [3.63, 3.8) is 0 Å². The van der Waals surface area contributed by atoms with Crippen LogP contribution in [-0.4, -0.2) is 10.5 Å². The lowest BCUT2D eigenvalue weighted by Crippen LogP contribution is -2.33. The molecule has 1 aromatic carbocycles. The van der Waals surface area contributed by atoms with Gasteiger partial charge in [-0.25, -0.2) is 9.13 Å². The van der Waals surface area contributed by atoms with E-state index in [-0.39, 0.29) is 18.0 Å². The standard InChI is InChI=1S/C15H19N3O/c1-12(14-7-5-4-6-8-14)16-15(19)13(2)18-10-9-17(3)11-18/h4-13H,1-3H3/p+1/t12-,13+/m1/s1. The summed E-state index contributed by atoms with van der Waals surface area (Å²) in [6.07, 6.45) is 5.72. The Morgan fingerprint density at radius 2 is 1.95 bits per heavy atom. The summed E-state index contributed by atoms with van der Waals surface area (Å²) in [7, 11) is 1.94. The van der Waals surface area contributed by atoms with Gasteiger partial charge in [-0.05, 0) is 19.4 Å². The van der Waals surface area contributed by atoms with Crippen molar-refractivity contribution in [3.8, 4) is 0 Å². The molecule has 0 aliphatic heterocycles. The molecule has 2 atom stereocenters. The Balaban J connectivity index is 2.01. The predicted molar refractivity (Wildman–Crippen MR) is 73.3 cm³/mol. The van der Waals surface area contributed by atoms with Gasteiger partial charge in [-0.2, -0.15) is 0 Å². The van der Waals surface area contributed by atoms with Crippen LogP contribution >= 0.6 is 0 Å². The average molecular weight is 258 g/mol. The van der Waals surface area contributed by atoms with Gasteiger partial charge in [0.15, 0.2) is 6.04 Å². The largest absolute Gasteiger partial charge is 0.346 e. The SMILES string of the molecule is C[C@@H](NC(=O)[C@H](C)n1cc[n+](C)c1)c1ccccc1. The number of rotatable bonds is 4. The van der Waals surface area contributed by atoms with Gasteiger partial charge in [-0.3, -0.25) is 4.79 Å². The lowest BCUT2D eigenvalue weighted by Gasteiger charge is -2.16. The summed E-state index contributed by atoms with van der Waals surface area (Å²) < 4.78 is 3.82. The van der Waals surface area contributed by atoms with Crippen LogP contribution in [0.3, 0.4) is 0 Å². The van der Waals surface area contributed by atoms with E-state index in [0.29, 0.717) is 0 Å². The maximum Gasteiger partial charge on any atom is 0.265 e. The van der Waals surface area contributed by atoms with E-state index in [2.05, 4.69) is 5.32 Å². The van der Waals surface area contributed by atoms with Crippen LogP contribution < -0.4 is 9.88 Å². The van der Waals surface area contributed by atoms with Crippen molar-refractivity contribution in [3.05, 3.63) is 54.6 Å². The molecule has 1 aromatic heterocycles. The lowest BCUT2D eigenvalue weighted by atomic mass is 10.1. The highest BCUT2D eigenvalue weighted by Gasteiger charge is 2.21. The van der Waals surface area contributed by atoms with Gasteiger partial charge in [0.05, 0.1) is 13.1 Å². The van der Waals surface area contributed by atoms with Crippen molar-refractivity contribution < 1.29 is 9.36 Å². The molecule has 0 aliphatic rings. The van der Waals surface area contributed by atoms with E-state index < -0.39 is 0 Å². The van der Waals surface area contributed by atoms with Gasteiger partial charge >= 0.3 is 0 Å². The first-order valence-electron chi connectivity index (χ1n) is 6.46. The first kappa shape index (κ1) is 13.3. The van der Waals surface area contributed by atoms with Crippen LogP contribution in [0.4, 0.5) is 0 Å². The number of nitrogens with zero attached hydrogens (tertiary/aromatic N) is 2. The van der Waals surface area contributed by atoms with E-state index in [1.165, 1.54) is 0 Å². The second-order valence-electron chi connectivity index (χ2n) is 4.84. The third-order valence-corrected chi connectivity index (χ3v) is 3.27. The monoisotopic (exact) mass is 258 g/mol. The zero-order valence-electron chi connectivity index (χ0n) is 11.6. The first-order chi connectivity index (χ1) is 9.08. The molecule has 0 bridgehead atoms. The minimum Gasteiger partial charge on any atom is -0.346 e. The number of hydrogen-bond acceptors (Lipinski definition) is 1. The second kappa shape index (κ2) is 5.69. The maximum absolute atomic E-state index is 12.2. The van der Waals surface area contributed by atoms with Crippen molar-refractivity contribution in [2.45, 2.75) is 25.9 Å². The van der Waals surface area contributed by atoms with Gasteiger partial charge in [0.2, 0.25) is 6.33 Å². The fourth-order valence-corrected chi connectivity index (χ4v) is 1.99. The molecule has 0 radical (unpaired) electrons. The highest BCUT2D eigenvalue weighted by atomic mass is 16.2. The zero-order chi connectivity index (χ0) is 13.8. The van der Waals surface area contributed by atoms with E-state index in [1.807, 2.05) is 79.1 Å². The topological polar surface area (TPSA) is 37.9 Å². The second-order valence-corrected chi connectivity index (χ2v) is 4.84. The normalized spacial score (nSPS) is 13.8. The molecular formula is C15H20N3O+. The van der Waals surface area contributed by atoms with Crippen LogP contribution in [0.1, 0.15) is 31.5 Å². The quantitative estimate of drug-likeness (QED) is 0.834. The minimum absolute atomic E-state index is 0.0143. The highest BCUT2D eigenvalue weighted by Crippen LogP contribution is 2.13. The first-order valence-corrected chi connectivity index (χ1v) is 6.46. The summed E-state index contributed by atoms with van der Waals surface area (Å²) in [5.41, 5.74) is 1.11. The van der Waals surface area contributed by atoms with Crippen LogP contribution in [0.15, 0.2) is 49.1 Å². The Kier molecular flexibility index (Phi) is 4.00. The van der Waals surface area contributed by atoms with E-state index in [1.54, 1.807) is 0 Å². The number of carbonyl (C=O) groups is 1. The molecule has 2 rings (SSSR count). The highest BCUT2D eigenvalue weighted by molar-refractivity contribution is 5.80. The lowest BCUT2D eigenvalue weighted by molar-refractivity contribution is -0.671. The van der Waals surface area contributed by atoms with Gasteiger partial charge in [0.25, 0.3) is 5.91 Å². The molecule has 0 saturated heterocycles. The third-order valence-electron chi connectivity index (χ3n) is 3.27. The fourth-order valence-electron chi connectivity index (χ4n) is 1.99. The van der Waals surface area contributed by atoms with E-state index in [0.717, 1.165) is 5.56 Å². The van der Waals surface area contributed by atoms with Crippen LogP contribution in [0.5, 0.6) is 0 Å². The summed E-state index contributed by atoms with van der Waals surface area (Å²) in [6, 6.07) is 9.77.